The second-order valence-electron chi connectivity index (χ2n) is 9.02. The number of carbonyl (C=O) groups is 3. The standard InChI is InChI=1S/C23H26N2O8/c1-4-8-9-6-5-7-10(26)11(9)17(27)13-12(8)18(28)15-16(25(2)3)19(29)14(22(24)32)21(31)23(15,33)20(13)30/h5-8,12,15-16,18,26,28-30,33H,4H2,1-3H3,(H2,24,32)/t8-,12+,15+,16-,18-,23-/m0/s1. The van der Waals surface area contributed by atoms with Gasteiger partial charge in [-0.2, -0.15) is 0 Å². The predicted molar refractivity (Wildman–Crippen MR) is 114 cm³/mol. The Kier molecular flexibility index (Phi) is 5.15. The van der Waals surface area contributed by atoms with E-state index < -0.39 is 75.6 Å². The lowest BCUT2D eigenvalue weighted by atomic mass is 9.54. The molecule has 0 aromatic heterocycles. The van der Waals surface area contributed by atoms with Crippen LogP contribution in [-0.4, -0.2) is 79.7 Å². The molecule has 1 amide bonds. The molecule has 0 aliphatic heterocycles. The highest BCUT2D eigenvalue weighted by Gasteiger charge is 2.67. The summed E-state index contributed by atoms with van der Waals surface area (Å²) >= 11 is 0. The molecule has 7 N–H and O–H groups in total. The number of aliphatic hydroxyl groups is 4. The number of phenolic OH excluding ortho intramolecular Hbond substituents is 1. The zero-order valence-electron chi connectivity index (χ0n) is 18.3. The van der Waals surface area contributed by atoms with Gasteiger partial charge in [0, 0.05) is 11.5 Å². The van der Waals surface area contributed by atoms with Crippen LogP contribution < -0.4 is 5.73 Å². The number of aliphatic hydroxyl groups excluding tert-OH is 3. The number of phenols is 1. The summed E-state index contributed by atoms with van der Waals surface area (Å²) in [5, 5.41) is 55.5. The molecule has 0 spiro atoms. The monoisotopic (exact) mass is 458 g/mol. The smallest absolute Gasteiger partial charge is 0.255 e. The third-order valence-electron chi connectivity index (χ3n) is 7.24. The van der Waals surface area contributed by atoms with E-state index in [2.05, 4.69) is 0 Å². The molecule has 0 saturated heterocycles. The van der Waals surface area contributed by atoms with E-state index in [1.54, 1.807) is 19.1 Å². The largest absolute Gasteiger partial charge is 0.510 e. The number of amides is 1. The van der Waals surface area contributed by atoms with Crippen molar-refractivity contribution < 1.29 is 39.9 Å². The Labute approximate surface area is 189 Å². The highest BCUT2D eigenvalue weighted by molar-refractivity contribution is 6.25. The minimum atomic E-state index is -2.90. The Morgan fingerprint density at radius 3 is 2.36 bits per heavy atom. The maximum absolute atomic E-state index is 13.4. The van der Waals surface area contributed by atoms with Gasteiger partial charge in [-0.25, -0.2) is 0 Å². The van der Waals surface area contributed by atoms with Crippen molar-refractivity contribution in [3.05, 3.63) is 52.0 Å². The Bertz CT molecular complexity index is 1150. The van der Waals surface area contributed by atoms with Gasteiger partial charge >= 0.3 is 0 Å². The van der Waals surface area contributed by atoms with Gasteiger partial charge in [-0.3, -0.25) is 19.3 Å². The van der Waals surface area contributed by atoms with Gasteiger partial charge in [0.05, 0.1) is 23.6 Å². The Morgan fingerprint density at radius 2 is 1.82 bits per heavy atom. The van der Waals surface area contributed by atoms with E-state index in [1.165, 1.54) is 25.1 Å². The highest BCUT2D eigenvalue weighted by Crippen LogP contribution is 2.56. The van der Waals surface area contributed by atoms with Gasteiger partial charge in [0.2, 0.25) is 5.78 Å². The number of Topliss-reactive ketones (excluding diaryl/α,β-unsaturated/α-hetero) is 2. The molecule has 6 atom stereocenters. The van der Waals surface area contributed by atoms with Crippen molar-refractivity contribution in [2.75, 3.05) is 14.1 Å². The average Bonchev–Trinajstić information content (AvgIpc) is 2.73. The van der Waals surface area contributed by atoms with Crippen molar-refractivity contribution >= 4 is 17.5 Å². The van der Waals surface area contributed by atoms with Crippen molar-refractivity contribution in [2.24, 2.45) is 17.6 Å². The van der Waals surface area contributed by atoms with Gasteiger partial charge in [0.25, 0.3) is 5.91 Å². The third-order valence-corrected chi connectivity index (χ3v) is 7.24. The number of nitrogens with two attached hydrogens (primary N) is 1. The normalized spacial score (nSPS) is 33.7. The molecule has 176 valence electrons. The number of nitrogens with zero attached hydrogens (tertiary/aromatic N) is 1. The van der Waals surface area contributed by atoms with E-state index in [4.69, 9.17) is 5.73 Å². The zero-order chi connectivity index (χ0) is 24.6. The summed E-state index contributed by atoms with van der Waals surface area (Å²) in [6, 6.07) is 3.23. The Morgan fingerprint density at radius 1 is 1.18 bits per heavy atom. The first kappa shape index (κ1) is 23.0. The molecule has 0 fully saturated rings. The van der Waals surface area contributed by atoms with E-state index in [9.17, 15) is 39.9 Å². The first-order valence-electron chi connectivity index (χ1n) is 10.6. The number of likely N-dealkylation sites (N-methyl/N-ethyl adjacent to an activating group) is 1. The summed E-state index contributed by atoms with van der Waals surface area (Å²) in [6.45, 7) is 1.80. The van der Waals surface area contributed by atoms with Crippen LogP contribution in [0.1, 0.15) is 35.2 Å². The summed E-state index contributed by atoms with van der Waals surface area (Å²) in [5.41, 5.74) is 1.46. The summed E-state index contributed by atoms with van der Waals surface area (Å²) < 4.78 is 0. The molecule has 0 radical (unpaired) electrons. The first-order valence-corrected chi connectivity index (χ1v) is 10.6. The summed E-state index contributed by atoms with van der Waals surface area (Å²) in [4.78, 5) is 40.1. The van der Waals surface area contributed by atoms with Crippen LogP contribution in [0.25, 0.3) is 0 Å². The lowest BCUT2D eigenvalue weighted by molar-refractivity contribution is -0.162. The molecule has 1 aromatic carbocycles. The van der Waals surface area contributed by atoms with Crippen LogP contribution in [0.5, 0.6) is 5.75 Å². The summed E-state index contributed by atoms with van der Waals surface area (Å²) in [5.74, 6) is -8.75. The molecule has 1 aromatic rings. The van der Waals surface area contributed by atoms with Crippen LogP contribution in [-0.2, 0) is 9.59 Å². The molecule has 10 heteroatoms. The van der Waals surface area contributed by atoms with E-state index in [-0.39, 0.29) is 11.3 Å². The number of carbonyl (C=O) groups excluding carboxylic acids is 3. The fourth-order valence-corrected chi connectivity index (χ4v) is 5.88. The predicted octanol–water partition coefficient (Wildman–Crippen LogP) is 0.0425. The number of hydrogen-bond donors (Lipinski definition) is 6. The topological polar surface area (TPSA) is 182 Å². The van der Waals surface area contributed by atoms with Gasteiger partial charge in [-0.1, -0.05) is 19.1 Å². The van der Waals surface area contributed by atoms with E-state index >= 15 is 0 Å². The van der Waals surface area contributed by atoms with Crippen molar-refractivity contribution in [3.63, 3.8) is 0 Å². The van der Waals surface area contributed by atoms with Gasteiger partial charge < -0.3 is 31.3 Å². The van der Waals surface area contributed by atoms with Crippen LogP contribution in [0.3, 0.4) is 0 Å². The van der Waals surface area contributed by atoms with Crippen LogP contribution in [0.4, 0.5) is 0 Å². The molecule has 0 unspecified atom stereocenters. The van der Waals surface area contributed by atoms with Gasteiger partial charge in [-0.05, 0) is 38.1 Å². The quantitative estimate of drug-likeness (QED) is 0.341. The van der Waals surface area contributed by atoms with Crippen molar-refractivity contribution in [1.82, 2.24) is 4.90 Å². The van der Waals surface area contributed by atoms with Gasteiger partial charge in [0.1, 0.15) is 22.8 Å². The number of rotatable bonds is 3. The summed E-state index contributed by atoms with van der Waals surface area (Å²) in [6.07, 6.45) is -1.19. The molecule has 10 nitrogen and oxygen atoms in total. The lowest BCUT2D eigenvalue weighted by Crippen LogP contribution is -2.68. The lowest BCUT2D eigenvalue weighted by Gasteiger charge is -2.53. The molecule has 33 heavy (non-hydrogen) atoms. The molecule has 3 aliphatic carbocycles. The van der Waals surface area contributed by atoms with Gasteiger partial charge in [-0.15, -0.1) is 0 Å². The molecule has 0 heterocycles. The van der Waals surface area contributed by atoms with E-state index in [0.717, 1.165) is 0 Å². The van der Waals surface area contributed by atoms with E-state index in [0.29, 0.717) is 12.0 Å². The number of aromatic hydroxyl groups is 1. The number of primary amides is 1. The number of benzene rings is 1. The molecule has 4 rings (SSSR count). The molecule has 0 saturated carbocycles. The first-order chi connectivity index (χ1) is 15.4. The fourth-order valence-electron chi connectivity index (χ4n) is 5.88. The van der Waals surface area contributed by atoms with Crippen LogP contribution in [0.2, 0.25) is 0 Å². The minimum absolute atomic E-state index is 0.0858. The van der Waals surface area contributed by atoms with Crippen molar-refractivity contribution in [3.8, 4) is 5.75 Å². The van der Waals surface area contributed by atoms with Crippen LogP contribution in [0.15, 0.2) is 40.9 Å². The number of fused-ring (bicyclic) bond motifs is 3. The molecular formula is C23H26N2O8. The van der Waals surface area contributed by atoms with E-state index in [1.807, 2.05) is 0 Å². The van der Waals surface area contributed by atoms with Crippen molar-refractivity contribution in [2.45, 2.75) is 37.0 Å². The summed E-state index contributed by atoms with van der Waals surface area (Å²) in [7, 11) is 2.99. The molecule has 3 aliphatic rings. The van der Waals surface area contributed by atoms with Gasteiger partial charge in [0.15, 0.2) is 11.4 Å². The highest BCUT2D eigenvalue weighted by atomic mass is 16.4. The number of ketones is 2. The van der Waals surface area contributed by atoms with Crippen LogP contribution >= 0.6 is 0 Å². The second kappa shape index (κ2) is 7.41. The number of hydrogen-bond acceptors (Lipinski definition) is 9. The zero-order valence-corrected chi connectivity index (χ0v) is 18.3. The molecular weight excluding hydrogens is 432 g/mol. The maximum atomic E-state index is 13.4. The average molecular weight is 458 g/mol. The molecule has 0 bridgehead atoms. The third kappa shape index (κ3) is 2.74. The SMILES string of the molecule is CC[C@H]1c2cccc(O)c2C(=O)C2=C(O)[C@]3(O)C(=O)C(C(N)=O)=C(O)[C@@H](N(C)C)[C@@H]3[C@@H](O)[C@@H]21. The Hall–Kier alpha value is -3.21. The maximum Gasteiger partial charge on any atom is 0.255 e. The Balaban J connectivity index is 2.08. The van der Waals surface area contributed by atoms with Crippen LogP contribution in [0, 0.1) is 11.8 Å². The van der Waals surface area contributed by atoms with Crippen molar-refractivity contribution in [1.29, 1.82) is 0 Å². The fraction of sp³-hybridized carbons (Fsp3) is 0.435. The second-order valence-corrected chi connectivity index (χ2v) is 9.02. The minimum Gasteiger partial charge on any atom is -0.510 e.